The molecule has 1 aromatic carbocycles. The maximum absolute atomic E-state index is 14.0. The molecule has 2 aliphatic rings. The molecule has 0 spiro atoms. The van der Waals surface area contributed by atoms with Gasteiger partial charge >= 0.3 is 6.18 Å². The van der Waals surface area contributed by atoms with Crippen LogP contribution in [0.2, 0.25) is 0 Å². The van der Waals surface area contributed by atoms with Crippen LogP contribution in [0.3, 0.4) is 0 Å². The summed E-state index contributed by atoms with van der Waals surface area (Å²) in [7, 11) is 0. The first-order valence-electron chi connectivity index (χ1n) is 10.8. The van der Waals surface area contributed by atoms with E-state index in [0.29, 0.717) is 26.1 Å². The number of primary amides is 1. The van der Waals surface area contributed by atoms with Crippen molar-refractivity contribution in [3.05, 3.63) is 35.9 Å². The van der Waals surface area contributed by atoms with Crippen LogP contribution in [0, 0.1) is 11.3 Å². The Bertz CT molecular complexity index is 759. The first-order chi connectivity index (χ1) is 14.7. The molecule has 0 aromatic heterocycles. The van der Waals surface area contributed by atoms with Gasteiger partial charge in [-0.1, -0.05) is 30.3 Å². The number of benzene rings is 1. The molecule has 3 rings (SSSR count). The number of halogens is 3. The molecular formula is C22H31F3N4O2. The van der Waals surface area contributed by atoms with Gasteiger partial charge in [0.2, 0.25) is 11.8 Å². The third-order valence-electron chi connectivity index (χ3n) is 6.42. The van der Waals surface area contributed by atoms with Crippen molar-refractivity contribution in [1.29, 1.82) is 0 Å². The van der Waals surface area contributed by atoms with E-state index in [1.54, 1.807) is 4.90 Å². The van der Waals surface area contributed by atoms with E-state index >= 15 is 0 Å². The number of hydrogen-bond acceptors (Lipinski definition) is 4. The maximum Gasteiger partial charge on any atom is 0.404 e. The fourth-order valence-electron chi connectivity index (χ4n) is 4.58. The van der Waals surface area contributed by atoms with Crippen LogP contribution in [0.15, 0.2) is 30.3 Å². The summed E-state index contributed by atoms with van der Waals surface area (Å²) in [5.74, 6) is -1.43. The molecule has 0 aliphatic carbocycles. The molecule has 3 N–H and O–H groups in total. The predicted molar refractivity (Wildman–Crippen MR) is 111 cm³/mol. The number of likely N-dealkylation sites (tertiary alicyclic amines) is 2. The SMILES string of the molecule is NC(=O)C1CCCN(CCCNC(=O)C2(C(F)(F)F)CCN(Cc3ccccc3)C2)C1. The molecule has 2 amide bonds. The van der Waals surface area contributed by atoms with Crippen molar-refractivity contribution < 1.29 is 22.8 Å². The van der Waals surface area contributed by atoms with E-state index in [-0.39, 0.29) is 37.9 Å². The summed E-state index contributed by atoms with van der Waals surface area (Å²) in [5.41, 5.74) is 3.93. The maximum atomic E-state index is 14.0. The molecule has 31 heavy (non-hydrogen) atoms. The zero-order chi connectivity index (χ0) is 22.5. The monoisotopic (exact) mass is 440 g/mol. The minimum absolute atomic E-state index is 0.174. The van der Waals surface area contributed by atoms with Gasteiger partial charge in [0.05, 0.1) is 5.92 Å². The van der Waals surface area contributed by atoms with Gasteiger partial charge in [0.15, 0.2) is 5.41 Å². The molecule has 0 bridgehead atoms. The minimum atomic E-state index is -4.61. The number of nitrogens with one attached hydrogen (secondary N) is 1. The molecule has 2 unspecified atom stereocenters. The predicted octanol–water partition coefficient (Wildman–Crippen LogP) is 2.14. The van der Waals surface area contributed by atoms with Crippen molar-refractivity contribution in [2.24, 2.45) is 17.1 Å². The third kappa shape index (κ3) is 5.77. The number of piperidine rings is 1. The standard InChI is InChI=1S/C22H31F3N4O2/c23-22(24,25)21(9-13-29(16-21)14-17-6-2-1-3-7-17)20(31)27-10-5-12-28-11-4-8-18(15-28)19(26)30/h1-3,6-7,18H,4-5,8-16H2,(H2,26,30)(H,27,31). The number of rotatable bonds is 8. The van der Waals surface area contributed by atoms with Crippen molar-refractivity contribution in [2.75, 3.05) is 39.3 Å². The summed E-state index contributed by atoms with van der Waals surface area (Å²) >= 11 is 0. The first kappa shape index (κ1) is 23.5. The summed E-state index contributed by atoms with van der Waals surface area (Å²) < 4.78 is 41.9. The highest BCUT2D eigenvalue weighted by atomic mass is 19.4. The second-order valence-corrected chi connectivity index (χ2v) is 8.68. The van der Waals surface area contributed by atoms with Crippen LogP contribution in [0.1, 0.15) is 31.2 Å². The van der Waals surface area contributed by atoms with Gasteiger partial charge in [-0.25, -0.2) is 0 Å². The van der Waals surface area contributed by atoms with Crippen LogP contribution in [0.5, 0.6) is 0 Å². The van der Waals surface area contributed by atoms with Crippen LogP contribution in [0.4, 0.5) is 13.2 Å². The number of alkyl halides is 3. The summed E-state index contributed by atoms with van der Waals surface area (Å²) in [6, 6.07) is 9.30. The van der Waals surface area contributed by atoms with Crippen molar-refractivity contribution in [3.63, 3.8) is 0 Å². The quantitative estimate of drug-likeness (QED) is 0.608. The van der Waals surface area contributed by atoms with Gasteiger partial charge in [-0.2, -0.15) is 13.2 Å². The Balaban J connectivity index is 1.51. The molecule has 2 saturated heterocycles. The second kappa shape index (κ2) is 9.99. The molecule has 1 aromatic rings. The topological polar surface area (TPSA) is 78.7 Å². The van der Waals surface area contributed by atoms with E-state index in [2.05, 4.69) is 10.2 Å². The van der Waals surface area contributed by atoms with E-state index in [4.69, 9.17) is 5.73 Å². The van der Waals surface area contributed by atoms with E-state index in [9.17, 15) is 22.8 Å². The van der Waals surface area contributed by atoms with Crippen LogP contribution >= 0.6 is 0 Å². The minimum Gasteiger partial charge on any atom is -0.369 e. The summed E-state index contributed by atoms with van der Waals surface area (Å²) in [6.45, 7) is 2.48. The highest BCUT2D eigenvalue weighted by Crippen LogP contribution is 2.46. The van der Waals surface area contributed by atoms with Gasteiger partial charge in [0.1, 0.15) is 0 Å². The molecule has 2 heterocycles. The zero-order valence-corrected chi connectivity index (χ0v) is 17.7. The average molecular weight is 441 g/mol. The van der Waals surface area contributed by atoms with E-state index in [1.807, 2.05) is 30.3 Å². The number of carbonyl (C=O) groups is 2. The van der Waals surface area contributed by atoms with Gasteiger partial charge in [-0.3, -0.25) is 14.5 Å². The molecule has 0 radical (unpaired) electrons. The molecule has 9 heteroatoms. The van der Waals surface area contributed by atoms with E-state index in [1.165, 1.54) is 0 Å². The van der Waals surface area contributed by atoms with Crippen molar-refractivity contribution in [2.45, 2.75) is 38.4 Å². The number of nitrogens with zero attached hydrogens (tertiary/aromatic N) is 2. The molecule has 6 nitrogen and oxygen atoms in total. The molecule has 0 saturated carbocycles. The Morgan fingerprint density at radius 3 is 2.58 bits per heavy atom. The fourth-order valence-corrected chi connectivity index (χ4v) is 4.58. The normalized spacial score (nSPS) is 25.5. The lowest BCUT2D eigenvalue weighted by molar-refractivity contribution is -0.218. The lowest BCUT2D eigenvalue weighted by atomic mass is 9.85. The Morgan fingerprint density at radius 1 is 1.16 bits per heavy atom. The van der Waals surface area contributed by atoms with Crippen LogP contribution in [-0.2, 0) is 16.1 Å². The van der Waals surface area contributed by atoms with Gasteiger partial charge in [-0.05, 0) is 50.9 Å². The molecule has 2 fully saturated rings. The van der Waals surface area contributed by atoms with Crippen molar-refractivity contribution in [3.8, 4) is 0 Å². The highest BCUT2D eigenvalue weighted by Gasteiger charge is 2.62. The highest BCUT2D eigenvalue weighted by molar-refractivity contribution is 5.84. The number of nitrogens with two attached hydrogens (primary N) is 1. The lowest BCUT2D eigenvalue weighted by Gasteiger charge is -2.32. The zero-order valence-electron chi connectivity index (χ0n) is 17.7. The molecule has 2 atom stereocenters. The number of amides is 2. The number of hydrogen-bond donors (Lipinski definition) is 2. The summed E-state index contributed by atoms with van der Waals surface area (Å²) in [5, 5.41) is 2.53. The molecule has 2 aliphatic heterocycles. The van der Waals surface area contributed by atoms with Crippen LogP contribution in [-0.4, -0.2) is 67.1 Å². The smallest absolute Gasteiger partial charge is 0.369 e. The molecule has 172 valence electrons. The van der Waals surface area contributed by atoms with Crippen LogP contribution < -0.4 is 11.1 Å². The third-order valence-corrected chi connectivity index (χ3v) is 6.42. The van der Waals surface area contributed by atoms with Gasteiger partial charge in [-0.15, -0.1) is 0 Å². The number of carbonyl (C=O) groups excluding carboxylic acids is 2. The Morgan fingerprint density at radius 2 is 1.90 bits per heavy atom. The average Bonchev–Trinajstić information content (AvgIpc) is 3.17. The summed E-state index contributed by atoms with van der Waals surface area (Å²) in [6.07, 6.45) is -2.67. The Kier molecular flexibility index (Phi) is 7.59. The van der Waals surface area contributed by atoms with Gasteiger partial charge < -0.3 is 16.0 Å². The lowest BCUT2D eigenvalue weighted by Crippen LogP contribution is -2.52. The van der Waals surface area contributed by atoms with E-state index in [0.717, 1.165) is 24.9 Å². The fraction of sp³-hybridized carbons (Fsp3) is 0.636. The van der Waals surface area contributed by atoms with Crippen molar-refractivity contribution in [1.82, 2.24) is 15.1 Å². The van der Waals surface area contributed by atoms with Gasteiger partial charge in [0, 0.05) is 26.2 Å². The Labute approximate surface area is 180 Å². The van der Waals surface area contributed by atoms with Gasteiger partial charge in [0.25, 0.3) is 0 Å². The van der Waals surface area contributed by atoms with Crippen LogP contribution in [0.25, 0.3) is 0 Å². The largest absolute Gasteiger partial charge is 0.404 e. The molecular weight excluding hydrogens is 409 g/mol. The second-order valence-electron chi connectivity index (χ2n) is 8.68. The first-order valence-corrected chi connectivity index (χ1v) is 10.8. The van der Waals surface area contributed by atoms with Crippen molar-refractivity contribution >= 4 is 11.8 Å². The Hall–Kier alpha value is -2.13. The van der Waals surface area contributed by atoms with E-state index < -0.39 is 17.5 Å². The summed E-state index contributed by atoms with van der Waals surface area (Å²) in [4.78, 5) is 27.8.